The number of aromatic nitrogens is 1. The molecule has 1 aromatic heterocycles. The van der Waals surface area contributed by atoms with Gasteiger partial charge in [-0.2, -0.15) is 0 Å². The molecule has 0 aliphatic rings. The maximum Gasteiger partial charge on any atom is 0.326 e. The molecule has 0 aliphatic carbocycles. The Hall–Kier alpha value is -3.82. The Kier molecular flexibility index (Phi) is 8.38. The van der Waals surface area contributed by atoms with Crippen LogP contribution in [-0.2, 0) is 19.6 Å². The average molecular weight is 554 g/mol. The maximum atomic E-state index is 13.7. The van der Waals surface area contributed by atoms with Crippen molar-refractivity contribution in [3.63, 3.8) is 0 Å². The molecule has 0 saturated heterocycles. The molecule has 3 aromatic carbocycles. The lowest BCUT2D eigenvalue weighted by molar-refractivity contribution is -0.141. The van der Waals surface area contributed by atoms with Gasteiger partial charge in [0.1, 0.15) is 6.54 Å². The molecule has 0 unspecified atom stereocenters. The van der Waals surface area contributed by atoms with E-state index < -0.39 is 22.5 Å². The predicted octanol–water partition coefficient (Wildman–Crippen LogP) is 5.18. The Morgan fingerprint density at radius 3 is 2.55 bits per heavy atom. The minimum absolute atomic E-state index is 0.0324. The summed E-state index contributed by atoms with van der Waals surface area (Å²) < 4.78 is 35.5. The number of benzene rings is 3. The highest BCUT2D eigenvalue weighted by molar-refractivity contribution is 7.92. The number of hydrogen-bond acceptors (Lipinski definition) is 5. The summed E-state index contributed by atoms with van der Waals surface area (Å²) in [6.45, 7) is 1.70. The molecular weight excluding hydrogens is 526 g/mol. The normalized spacial score (nSPS) is 11.3. The zero-order valence-electron chi connectivity index (χ0n) is 21.1. The van der Waals surface area contributed by atoms with Gasteiger partial charge >= 0.3 is 5.97 Å². The molecule has 0 bridgehead atoms. The number of carbonyl (C=O) groups excluding carboxylic acids is 2. The van der Waals surface area contributed by atoms with Crippen molar-refractivity contribution in [3.8, 4) is 5.69 Å². The number of nitrogens with one attached hydrogen (secondary N) is 1. The number of unbranched alkanes of at least 4 members (excludes halogenated alkanes) is 1. The van der Waals surface area contributed by atoms with Crippen LogP contribution in [0, 0.1) is 0 Å². The van der Waals surface area contributed by atoms with E-state index in [1.165, 1.54) is 12.1 Å². The van der Waals surface area contributed by atoms with Crippen LogP contribution >= 0.6 is 11.6 Å². The van der Waals surface area contributed by atoms with Crippen LogP contribution in [0.15, 0.2) is 83.9 Å². The smallest absolute Gasteiger partial charge is 0.326 e. The molecule has 0 saturated carbocycles. The van der Waals surface area contributed by atoms with Crippen molar-refractivity contribution < 1.29 is 22.7 Å². The molecule has 4 aromatic rings. The van der Waals surface area contributed by atoms with Crippen molar-refractivity contribution in [2.24, 2.45) is 0 Å². The van der Waals surface area contributed by atoms with Crippen molar-refractivity contribution in [1.29, 1.82) is 0 Å². The van der Waals surface area contributed by atoms with Crippen LogP contribution in [0.1, 0.15) is 30.1 Å². The van der Waals surface area contributed by atoms with E-state index in [0.29, 0.717) is 17.7 Å². The molecule has 1 N–H and O–H groups in total. The molecule has 198 valence electrons. The van der Waals surface area contributed by atoms with E-state index in [2.05, 4.69) is 5.32 Å². The highest BCUT2D eigenvalue weighted by Crippen LogP contribution is 2.30. The molecule has 0 aliphatic heterocycles. The Balaban J connectivity index is 1.74. The van der Waals surface area contributed by atoms with E-state index in [1.54, 1.807) is 55.6 Å². The number of nitrogens with zero attached hydrogens (tertiary/aromatic N) is 2. The number of esters is 1. The molecule has 0 spiro atoms. The molecule has 0 radical (unpaired) electrons. The van der Waals surface area contributed by atoms with Gasteiger partial charge in [0.2, 0.25) is 0 Å². The summed E-state index contributed by atoms with van der Waals surface area (Å²) in [5.74, 6) is -0.842. The molecule has 0 atom stereocenters. The molecule has 4 rings (SSSR count). The molecule has 1 amide bonds. The van der Waals surface area contributed by atoms with Crippen molar-refractivity contribution in [2.75, 3.05) is 24.5 Å². The fourth-order valence-corrected chi connectivity index (χ4v) is 5.72. The number of ether oxygens (including phenoxy) is 1. The van der Waals surface area contributed by atoms with Gasteiger partial charge in [-0.25, -0.2) is 8.42 Å². The van der Waals surface area contributed by atoms with E-state index >= 15 is 0 Å². The van der Waals surface area contributed by atoms with Crippen LogP contribution in [0.3, 0.4) is 0 Å². The van der Waals surface area contributed by atoms with Gasteiger partial charge in [-0.15, -0.1) is 0 Å². The van der Waals surface area contributed by atoms with Crippen molar-refractivity contribution in [3.05, 3.63) is 89.6 Å². The minimum atomic E-state index is -4.14. The van der Waals surface area contributed by atoms with E-state index in [-0.39, 0.29) is 22.4 Å². The quantitative estimate of drug-likeness (QED) is 0.215. The van der Waals surface area contributed by atoms with E-state index in [1.807, 2.05) is 29.8 Å². The highest BCUT2D eigenvalue weighted by atomic mass is 35.5. The molecular formula is C28H28ClN3O5S. The zero-order valence-corrected chi connectivity index (χ0v) is 22.6. The highest BCUT2D eigenvalue weighted by Gasteiger charge is 2.28. The number of carbonyl (C=O) groups is 2. The van der Waals surface area contributed by atoms with Crippen molar-refractivity contribution in [2.45, 2.75) is 24.7 Å². The fraction of sp³-hybridized carbons (Fsp3) is 0.214. The van der Waals surface area contributed by atoms with Crippen LogP contribution in [0.5, 0.6) is 0 Å². The van der Waals surface area contributed by atoms with Gasteiger partial charge in [0, 0.05) is 34.9 Å². The number of sulfonamides is 1. The van der Waals surface area contributed by atoms with Gasteiger partial charge in [-0.05, 0) is 67.1 Å². The zero-order chi connectivity index (χ0) is 27.3. The SMILES string of the molecule is CCCCOC(=O)CN(c1ccc2c(ccn2-c2cccc(C(=O)NC)c2)c1)S(=O)(=O)c1cccc(Cl)c1. The van der Waals surface area contributed by atoms with Gasteiger partial charge in [0.25, 0.3) is 15.9 Å². The summed E-state index contributed by atoms with van der Waals surface area (Å²) in [5, 5.41) is 3.63. The number of fused-ring (bicyclic) bond motifs is 1. The predicted molar refractivity (Wildman–Crippen MR) is 149 cm³/mol. The summed E-state index contributed by atoms with van der Waals surface area (Å²) >= 11 is 6.07. The van der Waals surface area contributed by atoms with Crippen LogP contribution in [0.2, 0.25) is 5.02 Å². The first-order valence-corrected chi connectivity index (χ1v) is 13.9. The lowest BCUT2D eigenvalue weighted by Crippen LogP contribution is -2.36. The van der Waals surface area contributed by atoms with Crippen LogP contribution in [0.25, 0.3) is 16.6 Å². The van der Waals surface area contributed by atoms with Gasteiger partial charge in [0.05, 0.1) is 22.7 Å². The number of anilines is 1. The van der Waals surface area contributed by atoms with Gasteiger partial charge in [0.15, 0.2) is 0 Å². The molecule has 0 fully saturated rings. The fourth-order valence-electron chi connectivity index (χ4n) is 4.01. The number of halogens is 1. The maximum absolute atomic E-state index is 13.7. The first-order valence-electron chi connectivity index (χ1n) is 12.1. The summed E-state index contributed by atoms with van der Waals surface area (Å²) in [7, 11) is -2.56. The first kappa shape index (κ1) is 27.2. The monoisotopic (exact) mass is 553 g/mol. The summed E-state index contributed by atoms with van der Waals surface area (Å²) in [5.41, 5.74) is 2.40. The summed E-state index contributed by atoms with van der Waals surface area (Å²) in [6, 6.07) is 20.0. The summed E-state index contributed by atoms with van der Waals surface area (Å²) in [6.07, 6.45) is 3.37. The third-order valence-corrected chi connectivity index (χ3v) is 8.00. The third kappa shape index (κ3) is 5.84. The minimum Gasteiger partial charge on any atom is -0.464 e. The van der Waals surface area contributed by atoms with Gasteiger partial charge in [-0.3, -0.25) is 13.9 Å². The standard InChI is InChI=1S/C28H28ClN3O5S/c1-3-4-15-37-27(33)19-32(38(35,36)25-10-6-8-22(29)18-25)24-11-12-26-20(16-24)13-14-31(26)23-9-5-7-21(17-23)28(34)30-2/h5-14,16-18H,3-4,15,19H2,1-2H3,(H,30,34). The second-order valence-electron chi connectivity index (χ2n) is 8.60. The van der Waals surface area contributed by atoms with Crippen LogP contribution in [0.4, 0.5) is 5.69 Å². The second-order valence-corrected chi connectivity index (χ2v) is 10.9. The molecule has 10 heteroatoms. The number of hydrogen-bond donors (Lipinski definition) is 1. The largest absolute Gasteiger partial charge is 0.464 e. The lowest BCUT2D eigenvalue weighted by atomic mass is 10.2. The number of amides is 1. The molecule has 38 heavy (non-hydrogen) atoms. The van der Waals surface area contributed by atoms with E-state index in [0.717, 1.165) is 27.3 Å². The van der Waals surface area contributed by atoms with Crippen molar-refractivity contribution in [1.82, 2.24) is 9.88 Å². The Labute approximate surface area is 226 Å². The Morgan fingerprint density at radius 2 is 1.82 bits per heavy atom. The Bertz CT molecular complexity index is 1580. The average Bonchev–Trinajstić information content (AvgIpc) is 3.35. The van der Waals surface area contributed by atoms with Gasteiger partial charge < -0.3 is 14.6 Å². The third-order valence-electron chi connectivity index (χ3n) is 5.99. The van der Waals surface area contributed by atoms with Crippen molar-refractivity contribution >= 4 is 50.1 Å². The van der Waals surface area contributed by atoms with Gasteiger partial charge in [-0.1, -0.05) is 37.1 Å². The van der Waals surface area contributed by atoms with Crippen LogP contribution < -0.4 is 9.62 Å². The Morgan fingerprint density at radius 1 is 1.03 bits per heavy atom. The summed E-state index contributed by atoms with van der Waals surface area (Å²) in [4.78, 5) is 24.7. The van der Waals surface area contributed by atoms with E-state index in [9.17, 15) is 18.0 Å². The lowest BCUT2D eigenvalue weighted by Gasteiger charge is -2.24. The first-order chi connectivity index (χ1) is 18.2. The molecule has 8 nitrogen and oxygen atoms in total. The second kappa shape index (κ2) is 11.7. The number of rotatable bonds is 10. The van der Waals surface area contributed by atoms with Crippen LogP contribution in [-0.4, -0.2) is 45.1 Å². The molecule has 1 heterocycles. The topological polar surface area (TPSA) is 97.7 Å². The van der Waals surface area contributed by atoms with E-state index in [4.69, 9.17) is 16.3 Å².